The van der Waals surface area contributed by atoms with Gasteiger partial charge in [-0.25, -0.2) is 4.39 Å². The lowest BCUT2D eigenvalue weighted by molar-refractivity contribution is 0.101. The van der Waals surface area contributed by atoms with Gasteiger partial charge in [-0.3, -0.25) is 4.79 Å². The summed E-state index contributed by atoms with van der Waals surface area (Å²) in [6.07, 6.45) is 1.15. The van der Waals surface area contributed by atoms with Crippen LogP contribution in [0.5, 0.6) is 23.0 Å². The molecule has 0 unspecified atom stereocenters. The summed E-state index contributed by atoms with van der Waals surface area (Å²) < 4.78 is 35.8. The van der Waals surface area contributed by atoms with Crippen molar-refractivity contribution in [3.05, 3.63) is 51.8 Å². The SMILES string of the molecule is COc1ccc(/C=C(\F)C(=O)c2cc(OC)c(OC)c(OC)c2)cc1Br. The van der Waals surface area contributed by atoms with E-state index in [1.807, 2.05) is 0 Å². The number of hydrogen-bond acceptors (Lipinski definition) is 5. The van der Waals surface area contributed by atoms with Gasteiger partial charge in [0.2, 0.25) is 11.5 Å². The van der Waals surface area contributed by atoms with Crippen LogP contribution in [-0.4, -0.2) is 34.2 Å². The number of halogens is 2. The first-order valence-electron chi connectivity index (χ1n) is 7.50. The Kier molecular flexibility index (Phi) is 6.63. The first kappa shape index (κ1) is 19.8. The van der Waals surface area contributed by atoms with Crippen molar-refractivity contribution in [1.29, 1.82) is 0 Å². The molecule has 0 heterocycles. The minimum atomic E-state index is -0.920. The van der Waals surface area contributed by atoms with Crippen LogP contribution in [-0.2, 0) is 0 Å². The summed E-state index contributed by atoms with van der Waals surface area (Å²) in [5.74, 6) is -0.230. The average Bonchev–Trinajstić information content (AvgIpc) is 2.66. The van der Waals surface area contributed by atoms with Crippen LogP contribution in [0.4, 0.5) is 4.39 Å². The maximum absolute atomic E-state index is 14.5. The third kappa shape index (κ3) is 4.16. The van der Waals surface area contributed by atoms with Crippen molar-refractivity contribution >= 4 is 27.8 Å². The average molecular weight is 425 g/mol. The molecule has 0 fully saturated rings. The molecular weight excluding hydrogens is 407 g/mol. The van der Waals surface area contributed by atoms with Crippen molar-refractivity contribution in [2.45, 2.75) is 0 Å². The van der Waals surface area contributed by atoms with Gasteiger partial charge in [-0.1, -0.05) is 6.07 Å². The zero-order valence-corrected chi connectivity index (χ0v) is 16.3. The number of benzene rings is 2. The molecule has 5 nitrogen and oxygen atoms in total. The molecule has 0 aliphatic carbocycles. The summed E-state index contributed by atoms with van der Waals surface area (Å²) in [6.45, 7) is 0. The highest BCUT2D eigenvalue weighted by Gasteiger charge is 2.19. The summed E-state index contributed by atoms with van der Waals surface area (Å²) in [6, 6.07) is 7.78. The third-order valence-corrected chi connectivity index (χ3v) is 4.23. The standard InChI is InChI=1S/C19H18BrFO5/c1-23-15-6-5-11(7-13(15)20)8-14(21)18(22)12-9-16(24-2)19(26-4)17(10-12)25-3/h5-10H,1-4H3/b14-8-. The number of Topliss-reactive ketones (excluding diaryl/α,β-unsaturated/α-hetero) is 1. The quantitative estimate of drug-likeness (QED) is 0.477. The highest BCUT2D eigenvalue weighted by molar-refractivity contribution is 9.10. The predicted octanol–water partition coefficient (Wildman–Crippen LogP) is 4.68. The van der Waals surface area contributed by atoms with Gasteiger partial charge >= 0.3 is 0 Å². The number of carbonyl (C=O) groups is 1. The van der Waals surface area contributed by atoms with Crippen molar-refractivity contribution in [3.8, 4) is 23.0 Å². The largest absolute Gasteiger partial charge is 0.496 e. The van der Waals surface area contributed by atoms with Gasteiger partial charge in [0, 0.05) is 5.56 Å². The van der Waals surface area contributed by atoms with Crippen molar-refractivity contribution in [3.63, 3.8) is 0 Å². The molecule has 2 aromatic carbocycles. The van der Waals surface area contributed by atoms with E-state index in [9.17, 15) is 9.18 Å². The highest BCUT2D eigenvalue weighted by Crippen LogP contribution is 2.39. The molecule has 0 radical (unpaired) electrons. The highest BCUT2D eigenvalue weighted by atomic mass is 79.9. The van der Waals surface area contributed by atoms with Gasteiger partial charge in [-0.2, -0.15) is 0 Å². The summed E-state index contributed by atoms with van der Waals surface area (Å²) in [4.78, 5) is 12.5. The summed E-state index contributed by atoms with van der Waals surface area (Å²) in [7, 11) is 5.83. The Morgan fingerprint density at radius 3 is 1.96 bits per heavy atom. The van der Waals surface area contributed by atoms with Gasteiger partial charge in [-0.15, -0.1) is 0 Å². The smallest absolute Gasteiger partial charge is 0.221 e. The third-order valence-electron chi connectivity index (χ3n) is 3.61. The minimum Gasteiger partial charge on any atom is -0.496 e. The van der Waals surface area contributed by atoms with Crippen molar-refractivity contribution in [1.82, 2.24) is 0 Å². The second-order valence-corrected chi connectivity index (χ2v) is 5.98. The Bertz CT molecular complexity index is 823. The van der Waals surface area contributed by atoms with E-state index in [0.29, 0.717) is 21.5 Å². The summed E-state index contributed by atoms with van der Waals surface area (Å²) in [5, 5.41) is 0. The van der Waals surface area contributed by atoms with Crippen LogP contribution in [0.15, 0.2) is 40.6 Å². The number of carbonyl (C=O) groups excluding carboxylic acids is 1. The molecule has 0 N–H and O–H groups in total. The number of ether oxygens (including phenoxy) is 4. The molecule has 0 aliphatic rings. The Morgan fingerprint density at radius 1 is 0.923 bits per heavy atom. The Hall–Kier alpha value is -2.54. The molecule has 2 rings (SSSR count). The predicted molar refractivity (Wildman–Crippen MR) is 100 cm³/mol. The molecule has 0 spiro atoms. The normalized spacial score (nSPS) is 11.1. The zero-order valence-electron chi connectivity index (χ0n) is 14.8. The molecule has 0 amide bonds. The van der Waals surface area contributed by atoms with E-state index < -0.39 is 11.6 Å². The number of methoxy groups -OCH3 is 4. The van der Waals surface area contributed by atoms with Crippen LogP contribution in [0.2, 0.25) is 0 Å². The second-order valence-electron chi connectivity index (χ2n) is 5.13. The van der Waals surface area contributed by atoms with Crippen LogP contribution in [0.25, 0.3) is 6.08 Å². The van der Waals surface area contributed by atoms with Crippen LogP contribution in [0.3, 0.4) is 0 Å². The molecule has 0 aromatic heterocycles. The Balaban J connectivity index is 2.40. The molecule has 138 valence electrons. The van der Waals surface area contributed by atoms with Gasteiger partial charge < -0.3 is 18.9 Å². The van der Waals surface area contributed by atoms with Crippen LogP contribution < -0.4 is 18.9 Å². The van der Waals surface area contributed by atoms with E-state index >= 15 is 0 Å². The number of ketones is 1. The lowest BCUT2D eigenvalue weighted by atomic mass is 10.1. The minimum absolute atomic E-state index is 0.0841. The van der Waals surface area contributed by atoms with Gasteiger partial charge in [-0.05, 0) is 51.8 Å². The van der Waals surface area contributed by atoms with Crippen molar-refractivity contribution < 1.29 is 28.1 Å². The van der Waals surface area contributed by atoms with Gasteiger partial charge in [0.05, 0.1) is 32.9 Å². The maximum Gasteiger partial charge on any atom is 0.221 e. The maximum atomic E-state index is 14.5. The molecule has 2 aromatic rings. The van der Waals surface area contributed by atoms with Gasteiger partial charge in [0.15, 0.2) is 17.3 Å². The number of hydrogen-bond donors (Lipinski definition) is 0. The fraction of sp³-hybridized carbons (Fsp3) is 0.211. The van der Waals surface area contributed by atoms with E-state index in [2.05, 4.69) is 15.9 Å². The summed E-state index contributed by atoms with van der Waals surface area (Å²) in [5.41, 5.74) is 0.594. The fourth-order valence-electron chi connectivity index (χ4n) is 2.33. The lowest BCUT2D eigenvalue weighted by Gasteiger charge is -2.13. The zero-order chi connectivity index (χ0) is 19.3. The van der Waals surface area contributed by atoms with E-state index in [1.165, 1.54) is 40.6 Å². The van der Waals surface area contributed by atoms with E-state index in [-0.39, 0.29) is 17.1 Å². The molecule has 0 saturated heterocycles. The van der Waals surface area contributed by atoms with E-state index in [4.69, 9.17) is 18.9 Å². The van der Waals surface area contributed by atoms with Gasteiger partial charge in [0.1, 0.15) is 5.75 Å². The first-order valence-corrected chi connectivity index (χ1v) is 8.29. The Morgan fingerprint density at radius 2 is 1.50 bits per heavy atom. The second kappa shape index (κ2) is 8.71. The molecule has 26 heavy (non-hydrogen) atoms. The number of allylic oxidation sites excluding steroid dienone is 1. The first-order chi connectivity index (χ1) is 12.4. The van der Waals surface area contributed by atoms with Crippen LogP contribution in [0.1, 0.15) is 15.9 Å². The molecule has 0 atom stereocenters. The van der Waals surface area contributed by atoms with Crippen molar-refractivity contribution in [2.75, 3.05) is 28.4 Å². The molecule has 7 heteroatoms. The molecule has 0 aliphatic heterocycles. The van der Waals surface area contributed by atoms with Gasteiger partial charge in [0.25, 0.3) is 0 Å². The van der Waals surface area contributed by atoms with E-state index in [1.54, 1.807) is 18.2 Å². The topological polar surface area (TPSA) is 54.0 Å². The lowest BCUT2D eigenvalue weighted by Crippen LogP contribution is -2.03. The molecule has 0 saturated carbocycles. The summed E-state index contributed by atoms with van der Waals surface area (Å²) >= 11 is 3.32. The van der Waals surface area contributed by atoms with Crippen LogP contribution >= 0.6 is 15.9 Å². The van der Waals surface area contributed by atoms with Crippen LogP contribution in [0, 0.1) is 0 Å². The van der Waals surface area contributed by atoms with Crippen molar-refractivity contribution in [2.24, 2.45) is 0 Å². The number of rotatable bonds is 7. The molecular formula is C19H18BrFO5. The monoisotopic (exact) mass is 424 g/mol. The Labute approximate surface area is 159 Å². The molecule has 0 bridgehead atoms. The van der Waals surface area contributed by atoms with E-state index in [0.717, 1.165) is 6.08 Å². The fourth-order valence-corrected chi connectivity index (χ4v) is 2.89.